The highest BCUT2D eigenvalue weighted by Crippen LogP contribution is 2.13. The SMILES string of the molecule is NC(=O)CCCCNC(=O)c1ccc(F)cc1N. The van der Waals surface area contributed by atoms with Gasteiger partial charge in [-0.1, -0.05) is 0 Å². The number of rotatable bonds is 6. The number of nitrogens with two attached hydrogens (primary N) is 2. The zero-order chi connectivity index (χ0) is 13.5. The van der Waals surface area contributed by atoms with Gasteiger partial charge in [0.15, 0.2) is 0 Å². The van der Waals surface area contributed by atoms with Crippen LogP contribution in [0.2, 0.25) is 0 Å². The molecule has 5 N–H and O–H groups in total. The molecule has 0 saturated carbocycles. The lowest BCUT2D eigenvalue weighted by Crippen LogP contribution is -2.25. The molecule has 0 spiro atoms. The van der Waals surface area contributed by atoms with E-state index in [1.807, 2.05) is 0 Å². The summed E-state index contributed by atoms with van der Waals surface area (Å²) in [6.07, 6.45) is 1.57. The van der Waals surface area contributed by atoms with Crippen LogP contribution >= 0.6 is 0 Å². The molecule has 0 aliphatic heterocycles. The summed E-state index contributed by atoms with van der Waals surface area (Å²) in [5.74, 6) is -1.19. The number of unbranched alkanes of at least 4 members (excludes halogenated alkanes) is 1. The third kappa shape index (κ3) is 4.40. The van der Waals surface area contributed by atoms with Crippen molar-refractivity contribution in [1.29, 1.82) is 0 Å². The van der Waals surface area contributed by atoms with Gasteiger partial charge in [-0.2, -0.15) is 0 Å². The summed E-state index contributed by atoms with van der Waals surface area (Å²) in [5.41, 5.74) is 10.9. The van der Waals surface area contributed by atoms with Crippen LogP contribution in [0.1, 0.15) is 29.6 Å². The third-order valence-corrected chi connectivity index (χ3v) is 2.39. The summed E-state index contributed by atoms with van der Waals surface area (Å²) < 4.78 is 12.8. The molecular weight excluding hydrogens is 237 g/mol. The molecule has 0 heterocycles. The van der Waals surface area contributed by atoms with Gasteiger partial charge >= 0.3 is 0 Å². The second-order valence-electron chi connectivity index (χ2n) is 3.91. The molecule has 0 aliphatic carbocycles. The Hall–Kier alpha value is -2.11. The number of nitrogen functional groups attached to an aromatic ring is 1. The van der Waals surface area contributed by atoms with E-state index >= 15 is 0 Å². The second-order valence-corrected chi connectivity index (χ2v) is 3.91. The monoisotopic (exact) mass is 253 g/mol. The van der Waals surface area contributed by atoms with E-state index in [1.165, 1.54) is 12.1 Å². The minimum atomic E-state index is -0.481. The zero-order valence-electron chi connectivity index (χ0n) is 9.91. The van der Waals surface area contributed by atoms with Gasteiger partial charge in [0.1, 0.15) is 5.82 Å². The average Bonchev–Trinajstić information content (AvgIpc) is 2.27. The van der Waals surface area contributed by atoms with Gasteiger partial charge in [0, 0.05) is 18.7 Å². The molecule has 0 saturated heterocycles. The number of benzene rings is 1. The fourth-order valence-corrected chi connectivity index (χ4v) is 1.46. The van der Waals surface area contributed by atoms with E-state index in [9.17, 15) is 14.0 Å². The van der Waals surface area contributed by atoms with Gasteiger partial charge in [-0.15, -0.1) is 0 Å². The maximum Gasteiger partial charge on any atom is 0.253 e. The lowest BCUT2D eigenvalue weighted by atomic mass is 10.1. The van der Waals surface area contributed by atoms with Crippen LogP contribution in [0.4, 0.5) is 10.1 Å². The summed E-state index contributed by atoms with van der Waals surface area (Å²) in [4.78, 5) is 22.1. The van der Waals surface area contributed by atoms with Crippen LogP contribution in [-0.2, 0) is 4.79 Å². The molecule has 0 unspecified atom stereocenters. The quantitative estimate of drug-likeness (QED) is 0.516. The lowest BCUT2D eigenvalue weighted by Gasteiger charge is -2.07. The number of amides is 2. The van der Waals surface area contributed by atoms with Crippen LogP contribution in [0, 0.1) is 5.82 Å². The molecule has 0 aliphatic rings. The van der Waals surface area contributed by atoms with Gasteiger partial charge in [-0.3, -0.25) is 9.59 Å². The van der Waals surface area contributed by atoms with Crippen molar-refractivity contribution in [2.45, 2.75) is 19.3 Å². The summed E-state index contributed by atoms with van der Waals surface area (Å²) in [6, 6.07) is 3.61. The number of carbonyl (C=O) groups is 2. The van der Waals surface area contributed by atoms with E-state index in [0.29, 0.717) is 25.8 Å². The van der Waals surface area contributed by atoms with Gasteiger partial charge in [-0.25, -0.2) is 4.39 Å². The fourth-order valence-electron chi connectivity index (χ4n) is 1.46. The Morgan fingerprint density at radius 1 is 1.28 bits per heavy atom. The summed E-state index contributed by atoms with van der Waals surface area (Å²) in [5, 5.41) is 2.64. The van der Waals surface area contributed by atoms with Crippen molar-refractivity contribution in [1.82, 2.24) is 5.32 Å². The molecule has 1 aromatic rings. The van der Waals surface area contributed by atoms with E-state index < -0.39 is 5.82 Å². The van der Waals surface area contributed by atoms with Gasteiger partial charge in [0.05, 0.1) is 5.56 Å². The predicted octanol–water partition coefficient (Wildman–Crippen LogP) is 0.793. The number of nitrogens with one attached hydrogen (secondary N) is 1. The molecule has 0 aromatic heterocycles. The molecule has 18 heavy (non-hydrogen) atoms. The molecule has 98 valence electrons. The Morgan fingerprint density at radius 2 is 2.00 bits per heavy atom. The molecular formula is C12H16FN3O2. The van der Waals surface area contributed by atoms with Gasteiger partial charge in [0.2, 0.25) is 5.91 Å². The molecule has 0 bridgehead atoms. The number of hydrogen-bond donors (Lipinski definition) is 3. The number of carbonyl (C=O) groups excluding carboxylic acids is 2. The second kappa shape index (κ2) is 6.58. The summed E-state index contributed by atoms with van der Waals surface area (Å²) in [6.45, 7) is 0.420. The highest BCUT2D eigenvalue weighted by atomic mass is 19.1. The van der Waals surface area contributed by atoms with Gasteiger partial charge in [0.25, 0.3) is 5.91 Å². The van der Waals surface area contributed by atoms with Gasteiger partial charge < -0.3 is 16.8 Å². The van der Waals surface area contributed by atoms with Crippen molar-refractivity contribution in [3.05, 3.63) is 29.6 Å². The number of primary amides is 1. The van der Waals surface area contributed by atoms with E-state index in [2.05, 4.69) is 5.32 Å². The van der Waals surface area contributed by atoms with Gasteiger partial charge in [-0.05, 0) is 31.0 Å². The first kappa shape index (κ1) is 14.0. The molecule has 0 fully saturated rings. The molecule has 5 nitrogen and oxygen atoms in total. The predicted molar refractivity (Wildman–Crippen MR) is 66.2 cm³/mol. The molecule has 6 heteroatoms. The Bertz CT molecular complexity index is 449. The zero-order valence-corrected chi connectivity index (χ0v) is 9.91. The smallest absolute Gasteiger partial charge is 0.253 e. The van der Waals surface area contributed by atoms with Crippen molar-refractivity contribution in [2.75, 3.05) is 12.3 Å². The Morgan fingerprint density at radius 3 is 2.61 bits per heavy atom. The first-order valence-corrected chi connectivity index (χ1v) is 5.62. The molecule has 2 amide bonds. The maximum absolute atomic E-state index is 12.8. The first-order chi connectivity index (χ1) is 8.50. The Labute approximate surface area is 104 Å². The van der Waals surface area contributed by atoms with Crippen molar-refractivity contribution in [2.24, 2.45) is 5.73 Å². The Kier molecular flexibility index (Phi) is 5.10. The first-order valence-electron chi connectivity index (χ1n) is 5.62. The molecule has 0 radical (unpaired) electrons. The number of anilines is 1. The highest BCUT2D eigenvalue weighted by Gasteiger charge is 2.09. The molecule has 1 rings (SSSR count). The third-order valence-electron chi connectivity index (χ3n) is 2.39. The van der Waals surface area contributed by atoms with Crippen LogP contribution in [0.5, 0.6) is 0 Å². The number of hydrogen-bond acceptors (Lipinski definition) is 3. The van der Waals surface area contributed by atoms with Crippen LogP contribution in [-0.4, -0.2) is 18.4 Å². The van der Waals surface area contributed by atoms with Crippen LogP contribution < -0.4 is 16.8 Å². The highest BCUT2D eigenvalue weighted by molar-refractivity contribution is 5.99. The van der Waals surface area contributed by atoms with Crippen molar-refractivity contribution >= 4 is 17.5 Å². The maximum atomic E-state index is 12.8. The minimum Gasteiger partial charge on any atom is -0.398 e. The summed E-state index contributed by atoms with van der Waals surface area (Å²) >= 11 is 0. The van der Waals surface area contributed by atoms with E-state index in [1.54, 1.807) is 0 Å². The number of halogens is 1. The fraction of sp³-hybridized carbons (Fsp3) is 0.333. The topological polar surface area (TPSA) is 98.2 Å². The van der Waals surface area contributed by atoms with E-state index in [-0.39, 0.29) is 23.1 Å². The van der Waals surface area contributed by atoms with Crippen molar-refractivity contribution in [3.63, 3.8) is 0 Å². The lowest BCUT2D eigenvalue weighted by molar-refractivity contribution is -0.118. The van der Waals surface area contributed by atoms with Crippen LogP contribution in [0.3, 0.4) is 0 Å². The van der Waals surface area contributed by atoms with Crippen LogP contribution in [0.15, 0.2) is 18.2 Å². The van der Waals surface area contributed by atoms with E-state index in [4.69, 9.17) is 11.5 Å². The largest absolute Gasteiger partial charge is 0.398 e. The minimum absolute atomic E-state index is 0.102. The molecule has 1 aromatic carbocycles. The van der Waals surface area contributed by atoms with Crippen molar-refractivity contribution in [3.8, 4) is 0 Å². The van der Waals surface area contributed by atoms with Crippen LogP contribution in [0.25, 0.3) is 0 Å². The normalized spacial score (nSPS) is 10.1. The molecule has 0 atom stereocenters. The van der Waals surface area contributed by atoms with Crippen molar-refractivity contribution < 1.29 is 14.0 Å². The Balaban J connectivity index is 2.39. The summed E-state index contributed by atoms with van der Waals surface area (Å²) in [7, 11) is 0. The average molecular weight is 253 g/mol. The standard InChI is InChI=1S/C12H16FN3O2/c13-8-4-5-9(10(14)7-8)12(18)16-6-2-1-3-11(15)17/h4-5,7H,1-3,6,14H2,(H2,15,17)(H,16,18). The van der Waals surface area contributed by atoms with E-state index in [0.717, 1.165) is 6.07 Å².